The average molecular weight is 319 g/mol. The maximum Gasteiger partial charge on any atom is 0.345 e. The molecule has 1 aromatic heterocycles. The number of carboxylic acid groups (broad SMARTS) is 1. The number of carboxylic acids is 1. The topological polar surface area (TPSA) is 66.4 Å². The number of fused-ring (bicyclic) bond motifs is 1. The zero-order valence-electron chi connectivity index (χ0n) is 11.0. The van der Waals surface area contributed by atoms with Gasteiger partial charge in [-0.25, -0.2) is 4.79 Å². The van der Waals surface area contributed by atoms with E-state index < -0.39 is 5.97 Å². The van der Waals surface area contributed by atoms with Crippen molar-refractivity contribution in [1.82, 2.24) is 0 Å². The second-order valence-corrected chi connectivity index (χ2v) is 6.93. The van der Waals surface area contributed by atoms with Crippen LogP contribution in [0.1, 0.15) is 21.7 Å². The van der Waals surface area contributed by atoms with Gasteiger partial charge in [0.15, 0.2) is 0 Å². The van der Waals surface area contributed by atoms with Crippen LogP contribution < -0.4 is 5.32 Å². The van der Waals surface area contributed by atoms with E-state index in [0.717, 1.165) is 29.0 Å². The third-order valence-corrected chi connectivity index (χ3v) is 5.62. The fourth-order valence-electron chi connectivity index (χ4n) is 2.26. The summed E-state index contributed by atoms with van der Waals surface area (Å²) in [6, 6.07) is 9.44. The van der Waals surface area contributed by atoms with Gasteiger partial charge in [0, 0.05) is 16.0 Å². The van der Waals surface area contributed by atoms with E-state index in [2.05, 4.69) is 5.32 Å². The maximum absolute atomic E-state index is 12.3. The summed E-state index contributed by atoms with van der Waals surface area (Å²) < 4.78 is 0. The van der Waals surface area contributed by atoms with Crippen molar-refractivity contribution in [1.29, 1.82) is 0 Å². The smallest absolute Gasteiger partial charge is 0.345 e. The third-order valence-electron chi connectivity index (χ3n) is 3.31. The number of hydrogen-bond donors (Lipinski definition) is 2. The quantitative estimate of drug-likeness (QED) is 0.909. The minimum Gasteiger partial charge on any atom is -0.477 e. The molecule has 6 heteroatoms. The molecule has 2 N–H and O–H groups in total. The van der Waals surface area contributed by atoms with Crippen LogP contribution in [0.5, 0.6) is 0 Å². The summed E-state index contributed by atoms with van der Waals surface area (Å²) in [6.07, 6.45) is 1.58. The summed E-state index contributed by atoms with van der Waals surface area (Å²) in [7, 11) is 0. The first-order chi connectivity index (χ1) is 10.1. The first-order valence-corrected chi connectivity index (χ1v) is 8.26. The maximum atomic E-state index is 12.3. The predicted molar refractivity (Wildman–Crippen MR) is 84.3 cm³/mol. The lowest BCUT2D eigenvalue weighted by atomic mass is 10.1. The molecule has 0 radical (unpaired) electrons. The molecule has 0 spiro atoms. The van der Waals surface area contributed by atoms with E-state index >= 15 is 0 Å². The summed E-state index contributed by atoms with van der Waals surface area (Å²) in [5.41, 5.74) is 2.02. The van der Waals surface area contributed by atoms with E-state index in [9.17, 15) is 9.59 Å². The zero-order valence-corrected chi connectivity index (χ0v) is 12.7. The molecular weight excluding hydrogens is 306 g/mol. The van der Waals surface area contributed by atoms with E-state index in [1.54, 1.807) is 11.4 Å². The molecule has 3 rings (SSSR count). The van der Waals surface area contributed by atoms with Crippen molar-refractivity contribution < 1.29 is 14.7 Å². The molecule has 0 bridgehead atoms. The highest BCUT2D eigenvalue weighted by atomic mass is 32.2. The Balaban J connectivity index is 1.75. The van der Waals surface area contributed by atoms with Crippen molar-refractivity contribution in [2.75, 3.05) is 5.32 Å². The number of thiophene rings is 1. The van der Waals surface area contributed by atoms with Gasteiger partial charge in [-0.05, 0) is 30.5 Å². The van der Waals surface area contributed by atoms with Gasteiger partial charge < -0.3 is 10.4 Å². The Bertz CT molecular complexity index is 696. The SMILES string of the molecule is O=C(O)c1cc(SC2CCc3ccccc3NC2=O)cs1. The van der Waals surface area contributed by atoms with Crippen LogP contribution in [0.3, 0.4) is 0 Å². The Hall–Kier alpha value is -1.79. The van der Waals surface area contributed by atoms with Gasteiger partial charge in [0.2, 0.25) is 5.91 Å². The van der Waals surface area contributed by atoms with Gasteiger partial charge in [0.25, 0.3) is 0 Å². The monoisotopic (exact) mass is 319 g/mol. The molecule has 108 valence electrons. The van der Waals surface area contributed by atoms with Gasteiger partial charge in [0.05, 0.1) is 5.25 Å². The van der Waals surface area contributed by atoms with Crippen molar-refractivity contribution >= 4 is 40.7 Å². The predicted octanol–water partition coefficient (Wildman–Crippen LogP) is 3.49. The number of benzene rings is 1. The van der Waals surface area contributed by atoms with Crippen LogP contribution in [0, 0.1) is 0 Å². The molecular formula is C15H13NO3S2. The number of aromatic carboxylic acids is 1. The highest BCUT2D eigenvalue weighted by molar-refractivity contribution is 8.00. The molecule has 1 aliphatic rings. The zero-order chi connectivity index (χ0) is 14.8. The van der Waals surface area contributed by atoms with Crippen molar-refractivity contribution in [3.05, 3.63) is 46.2 Å². The van der Waals surface area contributed by atoms with Crippen LogP contribution in [0.2, 0.25) is 0 Å². The van der Waals surface area contributed by atoms with Crippen molar-refractivity contribution in [2.45, 2.75) is 23.0 Å². The number of amides is 1. The number of hydrogen-bond acceptors (Lipinski definition) is 4. The molecule has 0 saturated heterocycles. The van der Waals surface area contributed by atoms with Gasteiger partial charge in [-0.3, -0.25) is 4.79 Å². The number of para-hydroxylation sites is 1. The van der Waals surface area contributed by atoms with E-state index in [-0.39, 0.29) is 11.2 Å². The lowest BCUT2D eigenvalue weighted by Crippen LogP contribution is -2.23. The Morgan fingerprint density at radius 1 is 1.38 bits per heavy atom. The number of anilines is 1. The molecule has 1 amide bonds. The molecule has 1 unspecified atom stereocenters. The van der Waals surface area contributed by atoms with E-state index in [1.165, 1.54) is 23.1 Å². The summed E-state index contributed by atoms with van der Waals surface area (Å²) in [6.45, 7) is 0. The Labute approximate surface area is 130 Å². The fourth-order valence-corrected chi connectivity index (χ4v) is 4.22. The first-order valence-electron chi connectivity index (χ1n) is 6.51. The average Bonchev–Trinajstić information content (AvgIpc) is 2.87. The van der Waals surface area contributed by atoms with Crippen LogP contribution in [-0.2, 0) is 11.2 Å². The van der Waals surface area contributed by atoms with E-state index in [4.69, 9.17) is 5.11 Å². The van der Waals surface area contributed by atoms with Gasteiger partial charge in [-0.1, -0.05) is 18.2 Å². The molecule has 21 heavy (non-hydrogen) atoms. The summed E-state index contributed by atoms with van der Waals surface area (Å²) in [5.74, 6) is -0.947. The van der Waals surface area contributed by atoms with Crippen LogP contribution >= 0.6 is 23.1 Å². The number of thioether (sulfide) groups is 1. The lowest BCUT2D eigenvalue weighted by Gasteiger charge is -2.11. The molecule has 0 saturated carbocycles. The number of rotatable bonds is 3. The molecule has 1 aromatic carbocycles. The molecule has 2 aromatic rings. The van der Waals surface area contributed by atoms with Gasteiger partial charge in [-0.15, -0.1) is 23.1 Å². The normalized spacial score (nSPS) is 17.7. The van der Waals surface area contributed by atoms with Gasteiger partial charge in [0.1, 0.15) is 4.88 Å². The first kappa shape index (κ1) is 14.2. The second-order valence-electron chi connectivity index (χ2n) is 4.74. The molecule has 4 nitrogen and oxygen atoms in total. The minimum absolute atomic E-state index is 0.0203. The number of aryl methyl sites for hydroxylation is 1. The van der Waals surface area contributed by atoms with Crippen LogP contribution in [0.15, 0.2) is 40.6 Å². The van der Waals surface area contributed by atoms with Crippen molar-refractivity contribution in [3.63, 3.8) is 0 Å². The van der Waals surface area contributed by atoms with Crippen LogP contribution in [0.4, 0.5) is 5.69 Å². The second kappa shape index (κ2) is 5.91. The number of carbonyl (C=O) groups excluding carboxylic acids is 1. The summed E-state index contributed by atoms with van der Waals surface area (Å²) in [5, 5.41) is 13.5. The standard InChI is InChI=1S/C15H13NO3S2/c17-14-12(21-10-7-13(15(18)19)20-8-10)6-5-9-3-1-2-4-11(9)16-14/h1-4,7-8,12H,5-6H2,(H,16,17)(H,18,19). The Morgan fingerprint density at radius 3 is 2.95 bits per heavy atom. The summed E-state index contributed by atoms with van der Waals surface area (Å²) >= 11 is 2.62. The lowest BCUT2D eigenvalue weighted by molar-refractivity contribution is -0.115. The van der Waals surface area contributed by atoms with Crippen LogP contribution in [-0.4, -0.2) is 22.2 Å². The van der Waals surface area contributed by atoms with Crippen LogP contribution in [0.25, 0.3) is 0 Å². The molecule has 1 aliphatic heterocycles. The Kier molecular flexibility index (Phi) is 3.98. The largest absolute Gasteiger partial charge is 0.477 e. The Morgan fingerprint density at radius 2 is 2.19 bits per heavy atom. The molecule has 1 atom stereocenters. The third kappa shape index (κ3) is 3.11. The highest BCUT2D eigenvalue weighted by Crippen LogP contribution is 2.33. The number of nitrogens with one attached hydrogen (secondary N) is 1. The van der Waals surface area contributed by atoms with Crippen molar-refractivity contribution in [2.24, 2.45) is 0 Å². The number of carbonyl (C=O) groups is 2. The molecule has 0 fully saturated rings. The van der Waals surface area contributed by atoms with Crippen molar-refractivity contribution in [3.8, 4) is 0 Å². The summed E-state index contributed by atoms with van der Waals surface area (Å²) in [4.78, 5) is 24.3. The van der Waals surface area contributed by atoms with E-state index in [1.807, 2.05) is 24.3 Å². The van der Waals surface area contributed by atoms with Gasteiger partial charge >= 0.3 is 5.97 Å². The fraction of sp³-hybridized carbons (Fsp3) is 0.200. The van der Waals surface area contributed by atoms with Gasteiger partial charge in [-0.2, -0.15) is 0 Å². The minimum atomic E-state index is -0.926. The highest BCUT2D eigenvalue weighted by Gasteiger charge is 2.25. The van der Waals surface area contributed by atoms with E-state index in [0.29, 0.717) is 4.88 Å². The molecule has 2 heterocycles. The molecule has 0 aliphatic carbocycles.